The molecular formula is C23H38N2OSi. The van der Waals surface area contributed by atoms with Crippen LogP contribution >= 0.6 is 0 Å². The van der Waals surface area contributed by atoms with E-state index in [4.69, 9.17) is 4.43 Å². The minimum absolute atomic E-state index is 0.325. The van der Waals surface area contributed by atoms with Crippen molar-refractivity contribution >= 4 is 19.9 Å². The van der Waals surface area contributed by atoms with Crippen LogP contribution in [0.4, 0.5) is 0 Å². The standard InChI is InChI=1S/C23H38N2OSi/c1-23(2,3)20(18-26-27(4)5)11-9-16-24-15-8-10-19-14-17-25-22-13-7-6-12-21(19)22/h6-7,12-14,17,20,24,27H,8-11,15-16,18H2,1-5H3/t20-/m0/s1. The number of aryl methyl sites for hydroxylation is 1. The fourth-order valence-corrected chi connectivity index (χ4v) is 4.07. The normalized spacial score (nSPS) is 13.4. The van der Waals surface area contributed by atoms with Crippen LogP contribution in [0.5, 0.6) is 0 Å². The molecule has 0 aliphatic heterocycles. The Morgan fingerprint density at radius 1 is 1.07 bits per heavy atom. The number of rotatable bonds is 11. The van der Waals surface area contributed by atoms with Crippen molar-refractivity contribution in [3.8, 4) is 0 Å². The number of benzene rings is 1. The second-order valence-corrected chi connectivity index (χ2v) is 11.4. The fourth-order valence-electron chi connectivity index (χ4n) is 3.45. The lowest BCUT2D eigenvalue weighted by Crippen LogP contribution is -2.28. The van der Waals surface area contributed by atoms with Crippen molar-refractivity contribution in [2.24, 2.45) is 11.3 Å². The second kappa shape index (κ2) is 10.9. The number of nitrogens with zero attached hydrogens (tertiary/aromatic N) is 1. The van der Waals surface area contributed by atoms with Gasteiger partial charge in [-0.15, -0.1) is 0 Å². The Hall–Kier alpha value is -1.23. The third kappa shape index (κ3) is 7.72. The van der Waals surface area contributed by atoms with Gasteiger partial charge < -0.3 is 9.74 Å². The first kappa shape index (κ1) is 22.1. The van der Waals surface area contributed by atoms with Crippen molar-refractivity contribution in [1.82, 2.24) is 10.3 Å². The molecule has 1 aromatic carbocycles. The molecule has 0 unspecified atom stereocenters. The molecule has 1 N–H and O–H groups in total. The zero-order valence-corrected chi connectivity index (χ0v) is 19.1. The van der Waals surface area contributed by atoms with Crippen LogP contribution in [0.25, 0.3) is 10.9 Å². The van der Waals surface area contributed by atoms with Crippen LogP contribution in [0.3, 0.4) is 0 Å². The molecule has 0 saturated heterocycles. The molecule has 0 saturated carbocycles. The van der Waals surface area contributed by atoms with Gasteiger partial charge in [0.1, 0.15) is 0 Å². The Labute approximate surface area is 167 Å². The molecule has 1 aromatic heterocycles. The molecule has 1 heterocycles. The van der Waals surface area contributed by atoms with Crippen molar-refractivity contribution < 1.29 is 4.43 Å². The van der Waals surface area contributed by atoms with Crippen molar-refractivity contribution in [3.63, 3.8) is 0 Å². The smallest absolute Gasteiger partial charge is 0.170 e. The van der Waals surface area contributed by atoms with E-state index in [1.54, 1.807) is 0 Å². The number of nitrogens with one attached hydrogen (secondary N) is 1. The van der Waals surface area contributed by atoms with Crippen LogP contribution in [-0.2, 0) is 10.8 Å². The number of fused-ring (bicyclic) bond motifs is 1. The van der Waals surface area contributed by atoms with Gasteiger partial charge in [-0.1, -0.05) is 39.0 Å². The highest BCUT2D eigenvalue weighted by Gasteiger charge is 2.24. The maximum absolute atomic E-state index is 6.02. The molecule has 0 amide bonds. The van der Waals surface area contributed by atoms with Crippen LogP contribution in [0.2, 0.25) is 13.1 Å². The molecule has 0 aliphatic rings. The van der Waals surface area contributed by atoms with Gasteiger partial charge in [0.2, 0.25) is 0 Å². The Morgan fingerprint density at radius 2 is 1.81 bits per heavy atom. The molecule has 2 aromatic rings. The molecule has 0 radical (unpaired) electrons. The predicted octanol–water partition coefficient (Wildman–Crippen LogP) is 5.20. The van der Waals surface area contributed by atoms with E-state index in [2.05, 4.69) is 74.5 Å². The first-order valence-corrected chi connectivity index (χ1v) is 13.3. The summed E-state index contributed by atoms with van der Waals surface area (Å²) in [5.41, 5.74) is 2.83. The maximum Gasteiger partial charge on any atom is 0.170 e. The highest BCUT2D eigenvalue weighted by atomic mass is 28.3. The summed E-state index contributed by atoms with van der Waals surface area (Å²) in [6.45, 7) is 14.7. The maximum atomic E-state index is 6.02. The van der Waals surface area contributed by atoms with Gasteiger partial charge in [-0.3, -0.25) is 4.98 Å². The zero-order valence-electron chi connectivity index (χ0n) is 17.9. The van der Waals surface area contributed by atoms with E-state index in [0.29, 0.717) is 11.3 Å². The number of para-hydroxylation sites is 1. The molecule has 150 valence electrons. The van der Waals surface area contributed by atoms with Gasteiger partial charge in [-0.05, 0) is 80.9 Å². The Balaban J connectivity index is 1.66. The van der Waals surface area contributed by atoms with Gasteiger partial charge in [0.25, 0.3) is 0 Å². The number of hydrogen-bond donors (Lipinski definition) is 1. The van der Waals surface area contributed by atoms with Crippen molar-refractivity contribution in [3.05, 3.63) is 42.1 Å². The van der Waals surface area contributed by atoms with E-state index in [0.717, 1.165) is 31.6 Å². The Morgan fingerprint density at radius 3 is 2.56 bits per heavy atom. The molecular weight excluding hydrogens is 348 g/mol. The number of hydrogen-bond acceptors (Lipinski definition) is 3. The Kier molecular flexibility index (Phi) is 8.94. The molecule has 4 heteroatoms. The third-order valence-electron chi connectivity index (χ3n) is 5.30. The molecule has 3 nitrogen and oxygen atoms in total. The fraction of sp³-hybridized carbons (Fsp3) is 0.609. The molecule has 0 bridgehead atoms. The lowest BCUT2D eigenvalue weighted by Gasteiger charge is -2.31. The topological polar surface area (TPSA) is 34.1 Å². The van der Waals surface area contributed by atoms with E-state index in [1.807, 2.05) is 6.20 Å². The van der Waals surface area contributed by atoms with E-state index < -0.39 is 9.04 Å². The van der Waals surface area contributed by atoms with E-state index >= 15 is 0 Å². The lowest BCUT2D eigenvalue weighted by molar-refractivity contribution is 0.136. The minimum atomic E-state index is -0.923. The molecule has 27 heavy (non-hydrogen) atoms. The van der Waals surface area contributed by atoms with Gasteiger partial charge in [-0.25, -0.2) is 0 Å². The SMILES string of the molecule is C[SiH](C)OC[C@H](CCCNCCCc1ccnc2ccccc12)C(C)(C)C. The first-order chi connectivity index (χ1) is 12.9. The summed E-state index contributed by atoms with van der Waals surface area (Å²) in [7, 11) is -0.923. The van der Waals surface area contributed by atoms with E-state index in [9.17, 15) is 0 Å². The predicted molar refractivity (Wildman–Crippen MR) is 120 cm³/mol. The Bertz CT molecular complexity index is 676. The molecule has 1 atom stereocenters. The van der Waals surface area contributed by atoms with Crippen molar-refractivity contribution in [2.75, 3.05) is 19.7 Å². The second-order valence-electron chi connectivity index (χ2n) is 8.93. The zero-order chi connectivity index (χ0) is 19.7. The summed E-state index contributed by atoms with van der Waals surface area (Å²) in [5, 5.41) is 4.92. The molecule has 0 aliphatic carbocycles. The van der Waals surface area contributed by atoms with Crippen LogP contribution in [0.1, 0.15) is 45.6 Å². The highest BCUT2D eigenvalue weighted by molar-refractivity contribution is 6.48. The first-order valence-electron chi connectivity index (χ1n) is 10.5. The monoisotopic (exact) mass is 386 g/mol. The number of pyridine rings is 1. The largest absolute Gasteiger partial charge is 0.420 e. The summed E-state index contributed by atoms with van der Waals surface area (Å²) in [4.78, 5) is 4.45. The quantitative estimate of drug-likeness (QED) is 0.426. The minimum Gasteiger partial charge on any atom is -0.420 e. The molecule has 2 rings (SSSR count). The van der Waals surface area contributed by atoms with Gasteiger partial charge >= 0.3 is 0 Å². The van der Waals surface area contributed by atoms with E-state index in [1.165, 1.54) is 30.2 Å². The van der Waals surface area contributed by atoms with Crippen LogP contribution in [0.15, 0.2) is 36.5 Å². The summed E-state index contributed by atoms with van der Waals surface area (Å²) in [6, 6.07) is 10.6. The van der Waals surface area contributed by atoms with Crippen LogP contribution in [-0.4, -0.2) is 33.7 Å². The summed E-state index contributed by atoms with van der Waals surface area (Å²) in [5.74, 6) is 0.650. The van der Waals surface area contributed by atoms with Gasteiger partial charge in [0.05, 0.1) is 5.52 Å². The number of aromatic nitrogens is 1. The van der Waals surface area contributed by atoms with Crippen molar-refractivity contribution in [1.29, 1.82) is 0 Å². The third-order valence-corrected chi connectivity index (χ3v) is 6.16. The molecule has 0 fully saturated rings. The van der Waals surface area contributed by atoms with Crippen LogP contribution < -0.4 is 5.32 Å². The average Bonchev–Trinajstić information content (AvgIpc) is 2.62. The van der Waals surface area contributed by atoms with Gasteiger partial charge in [0, 0.05) is 18.2 Å². The van der Waals surface area contributed by atoms with Crippen LogP contribution in [0, 0.1) is 11.3 Å². The highest BCUT2D eigenvalue weighted by Crippen LogP contribution is 2.30. The van der Waals surface area contributed by atoms with Gasteiger partial charge in [-0.2, -0.15) is 0 Å². The summed E-state index contributed by atoms with van der Waals surface area (Å²) >= 11 is 0. The molecule has 0 spiro atoms. The lowest BCUT2D eigenvalue weighted by atomic mass is 9.78. The summed E-state index contributed by atoms with van der Waals surface area (Å²) < 4.78 is 6.02. The average molecular weight is 387 g/mol. The van der Waals surface area contributed by atoms with E-state index in [-0.39, 0.29) is 0 Å². The van der Waals surface area contributed by atoms with Crippen molar-refractivity contribution in [2.45, 2.75) is 59.5 Å². The summed E-state index contributed by atoms with van der Waals surface area (Å²) in [6.07, 6.45) is 6.67. The van der Waals surface area contributed by atoms with Gasteiger partial charge in [0.15, 0.2) is 9.04 Å².